The molecule has 0 radical (unpaired) electrons. The van der Waals surface area contributed by atoms with E-state index in [0.29, 0.717) is 5.17 Å². The summed E-state index contributed by atoms with van der Waals surface area (Å²) in [6, 6.07) is 5.54. The third-order valence-corrected chi connectivity index (χ3v) is 2.91. The molecule has 17 heavy (non-hydrogen) atoms. The Morgan fingerprint density at radius 3 is 2.76 bits per heavy atom. The first-order chi connectivity index (χ1) is 8.08. The first kappa shape index (κ1) is 13.9. The highest BCUT2D eigenvalue weighted by molar-refractivity contribution is 8.13. The lowest BCUT2D eigenvalue weighted by Crippen LogP contribution is -2.08. The summed E-state index contributed by atoms with van der Waals surface area (Å²) in [5, 5.41) is 0.563. The summed E-state index contributed by atoms with van der Waals surface area (Å²) in [6.45, 7) is 3.95. The van der Waals surface area contributed by atoms with Crippen LogP contribution in [0.1, 0.15) is 25.5 Å². The molecule has 1 atom stereocenters. The molecule has 0 aromatic heterocycles. The van der Waals surface area contributed by atoms with E-state index in [1.807, 2.05) is 32.0 Å². The molecule has 5 heteroatoms. The van der Waals surface area contributed by atoms with Gasteiger partial charge in [-0.25, -0.2) is 4.99 Å². The predicted octanol–water partition coefficient (Wildman–Crippen LogP) is 2.41. The van der Waals surface area contributed by atoms with Crippen LogP contribution in [0.3, 0.4) is 0 Å². The maximum atomic E-state index is 5.88. The van der Waals surface area contributed by atoms with Gasteiger partial charge in [0.25, 0.3) is 0 Å². The standard InChI is InChI=1S/C12H19N3OS/c1-4-17-12(14)15-9-5-6-11(16-3)10(7-9)8(2)13/h5-8H,4,13H2,1-3H3,(H2,14,15). The molecule has 0 aliphatic heterocycles. The Bertz CT molecular complexity index is 405. The zero-order chi connectivity index (χ0) is 12.8. The minimum Gasteiger partial charge on any atom is -0.496 e. The molecule has 0 aliphatic rings. The zero-order valence-electron chi connectivity index (χ0n) is 10.4. The van der Waals surface area contributed by atoms with Gasteiger partial charge >= 0.3 is 0 Å². The Balaban J connectivity index is 3.04. The fourth-order valence-electron chi connectivity index (χ4n) is 1.45. The number of nitrogens with two attached hydrogens (primary N) is 2. The number of hydrogen-bond donors (Lipinski definition) is 2. The van der Waals surface area contributed by atoms with Crippen molar-refractivity contribution >= 4 is 22.6 Å². The fourth-order valence-corrected chi connectivity index (χ4v) is 1.92. The Morgan fingerprint density at radius 2 is 2.24 bits per heavy atom. The van der Waals surface area contributed by atoms with Crippen molar-refractivity contribution in [2.75, 3.05) is 12.9 Å². The number of hydrogen-bond acceptors (Lipinski definition) is 4. The molecule has 1 unspecified atom stereocenters. The van der Waals surface area contributed by atoms with Gasteiger partial charge in [-0.05, 0) is 30.9 Å². The van der Waals surface area contributed by atoms with Crippen molar-refractivity contribution in [3.05, 3.63) is 23.8 Å². The normalized spacial score (nSPS) is 13.5. The van der Waals surface area contributed by atoms with Crippen molar-refractivity contribution in [2.45, 2.75) is 19.9 Å². The number of ether oxygens (including phenoxy) is 1. The number of methoxy groups -OCH3 is 1. The summed E-state index contributed by atoms with van der Waals surface area (Å²) in [4.78, 5) is 4.31. The van der Waals surface area contributed by atoms with Crippen LogP contribution in [0.15, 0.2) is 23.2 Å². The van der Waals surface area contributed by atoms with Crippen molar-refractivity contribution < 1.29 is 4.74 Å². The molecular weight excluding hydrogens is 234 g/mol. The summed E-state index contributed by atoms with van der Waals surface area (Å²) in [5.74, 6) is 1.69. The first-order valence-corrected chi connectivity index (χ1v) is 6.47. The van der Waals surface area contributed by atoms with E-state index < -0.39 is 0 Å². The van der Waals surface area contributed by atoms with E-state index in [-0.39, 0.29) is 6.04 Å². The maximum absolute atomic E-state index is 5.88. The molecule has 94 valence electrons. The van der Waals surface area contributed by atoms with Crippen LogP contribution in [0.25, 0.3) is 0 Å². The highest BCUT2D eigenvalue weighted by atomic mass is 32.2. The van der Waals surface area contributed by atoms with Crippen molar-refractivity contribution in [1.82, 2.24) is 0 Å². The molecule has 0 amide bonds. The van der Waals surface area contributed by atoms with Gasteiger partial charge in [-0.1, -0.05) is 18.7 Å². The monoisotopic (exact) mass is 253 g/mol. The Hall–Kier alpha value is -1.20. The van der Waals surface area contributed by atoms with Gasteiger partial charge in [0, 0.05) is 11.6 Å². The summed E-state index contributed by atoms with van der Waals surface area (Å²) >= 11 is 1.52. The van der Waals surface area contributed by atoms with Crippen LogP contribution in [0.2, 0.25) is 0 Å². The van der Waals surface area contributed by atoms with Gasteiger partial charge in [0.1, 0.15) is 5.75 Å². The Labute approximate surface area is 106 Å². The second kappa shape index (κ2) is 6.51. The van der Waals surface area contributed by atoms with Gasteiger partial charge in [0.2, 0.25) is 0 Å². The molecule has 4 N–H and O–H groups in total. The molecule has 0 saturated heterocycles. The van der Waals surface area contributed by atoms with E-state index in [2.05, 4.69) is 4.99 Å². The maximum Gasteiger partial charge on any atom is 0.159 e. The van der Waals surface area contributed by atoms with E-state index in [4.69, 9.17) is 16.2 Å². The van der Waals surface area contributed by atoms with Crippen molar-refractivity contribution in [3.8, 4) is 5.75 Å². The summed E-state index contributed by atoms with van der Waals surface area (Å²) in [7, 11) is 1.63. The van der Waals surface area contributed by atoms with E-state index in [0.717, 1.165) is 22.8 Å². The molecule has 1 aromatic carbocycles. The average Bonchev–Trinajstić information content (AvgIpc) is 2.29. The highest BCUT2D eigenvalue weighted by Gasteiger charge is 2.08. The first-order valence-electron chi connectivity index (χ1n) is 5.49. The topological polar surface area (TPSA) is 73.6 Å². The molecule has 1 aromatic rings. The van der Waals surface area contributed by atoms with Crippen LogP contribution in [-0.2, 0) is 0 Å². The lowest BCUT2D eigenvalue weighted by molar-refractivity contribution is 0.407. The van der Waals surface area contributed by atoms with Gasteiger partial charge in [-0.15, -0.1) is 0 Å². The molecule has 0 spiro atoms. The fraction of sp³-hybridized carbons (Fsp3) is 0.417. The van der Waals surface area contributed by atoms with E-state index >= 15 is 0 Å². The molecule has 0 fully saturated rings. The number of aliphatic imine (C=N–C) groups is 1. The Kier molecular flexibility index (Phi) is 5.31. The van der Waals surface area contributed by atoms with Gasteiger partial charge in [0.05, 0.1) is 12.8 Å². The van der Waals surface area contributed by atoms with Crippen LogP contribution >= 0.6 is 11.8 Å². The SMILES string of the molecule is CCSC(N)=Nc1ccc(OC)c(C(C)N)c1. The van der Waals surface area contributed by atoms with E-state index in [1.54, 1.807) is 7.11 Å². The number of benzene rings is 1. The number of thioether (sulfide) groups is 1. The van der Waals surface area contributed by atoms with Crippen LogP contribution in [-0.4, -0.2) is 18.0 Å². The van der Waals surface area contributed by atoms with Gasteiger partial charge < -0.3 is 16.2 Å². The molecule has 0 heterocycles. The lowest BCUT2D eigenvalue weighted by Gasteiger charge is -2.12. The number of nitrogens with zero attached hydrogens (tertiary/aromatic N) is 1. The highest BCUT2D eigenvalue weighted by Crippen LogP contribution is 2.28. The second-order valence-electron chi connectivity index (χ2n) is 3.60. The smallest absolute Gasteiger partial charge is 0.159 e. The zero-order valence-corrected chi connectivity index (χ0v) is 11.3. The second-order valence-corrected chi connectivity index (χ2v) is 4.88. The van der Waals surface area contributed by atoms with Crippen molar-refractivity contribution in [3.63, 3.8) is 0 Å². The summed E-state index contributed by atoms with van der Waals surface area (Å²) in [5.41, 5.74) is 13.4. The molecule has 0 bridgehead atoms. The molecule has 0 aliphatic carbocycles. The molecule has 0 saturated carbocycles. The van der Waals surface area contributed by atoms with Crippen LogP contribution < -0.4 is 16.2 Å². The molecule has 4 nitrogen and oxygen atoms in total. The largest absolute Gasteiger partial charge is 0.496 e. The molecular formula is C12H19N3OS. The number of amidine groups is 1. The summed E-state index contributed by atoms with van der Waals surface area (Å²) in [6.07, 6.45) is 0. The van der Waals surface area contributed by atoms with Crippen LogP contribution in [0, 0.1) is 0 Å². The van der Waals surface area contributed by atoms with Crippen molar-refractivity contribution in [1.29, 1.82) is 0 Å². The third-order valence-electron chi connectivity index (χ3n) is 2.24. The molecule has 1 rings (SSSR count). The Morgan fingerprint density at radius 1 is 1.53 bits per heavy atom. The minimum atomic E-state index is -0.0971. The van der Waals surface area contributed by atoms with Gasteiger partial charge in [-0.2, -0.15) is 0 Å². The van der Waals surface area contributed by atoms with Gasteiger partial charge in [0.15, 0.2) is 5.17 Å². The summed E-state index contributed by atoms with van der Waals surface area (Å²) < 4.78 is 5.25. The third kappa shape index (κ3) is 3.94. The van der Waals surface area contributed by atoms with E-state index in [9.17, 15) is 0 Å². The average molecular weight is 253 g/mol. The number of rotatable bonds is 4. The quantitative estimate of drug-likeness (QED) is 0.638. The van der Waals surface area contributed by atoms with Crippen LogP contribution in [0.5, 0.6) is 5.75 Å². The van der Waals surface area contributed by atoms with Crippen molar-refractivity contribution in [2.24, 2.45) is 16.5 Å². The van der Waals surface area contributed by atoms with Gasteiger partial charge in [-0.3, -0.25) is 0 Å². The van der Waals surface area contributed by atoms with Crippen LogP contribution in [0.4, 0.5) is 5.69 Å². The predicted molar refractivity (Wildman–Crippen MR) is 75.0 cm³/mol. The minimum absolute atomic E-state index is 0.0971. The lowest BCUT2D eigenvalue weighted by atomic mass is 10.1. The van der Waals surface area contributed by atoms with E-state index in [1.165, 1.54) is 11.8 Å².